The number of rotatable bonds is 4. The fraction of sp³-hybridized carbons (Fsp3) is 0.524. The van der Waals surface area contributed by atoms with Crippen LogP contribution < -0.4 is 10.1 Å². The van der Waals surface area contributed by atoms with E-state index in [1.54, 1.807) is 0 Å². The molecule has 5 nitrogen and oxygen atoms in total. The Morgan fingerprint density at radius 1 is 1.31 bits per heavy atom. The zero-order chi connectivity index (χ0) is 18.3. The summed E-state index contributed by atoms with van der Waals surface area (Å²) >= 11 is 0. The molecule has 1 aliphatic heterocycles. The molecule has 1 fully saturated rings. The fourth-order valence-electron chi connectivity index (χ4n) is 3.56. The normalized spacial score (nSPS) is 19.6. The van der Waals surface area contributed by atoms with Gasteiger partial charge in [0.05, 0.1) is 12.1 Å². The number of carbonyl (C=O) groups excluding carboxylic acids is 1. The summed E-state index contributed by atoms with van der Waals surface area (Å²) in [4.78, 5) is 12.6. The van der Waals surface area contributed by atoms with Gasteiger partial charge in [-0.15, -0.1) is 0 Å². The molecule has 138 valence electrons. The lowest BCUT2D eigenvalue weighted by atomic mass is 9.97. The number of para-hydroxylation sites is 1. The summed E-state index contributed by atoms with van der Waals surface area (Å²) in [7, 11) is 0. The molecular formula is C21H27N3O2. The van der Waals surface area contributed by atoms with Crippen LogP contribution in [0.15, 0.2) is 30.3 Å². The molecule has 1 saturated carbocycles. The summed E-state index contributed by atoms with van der Waals surface area (Å²) in [5, 5.41) is 7.67. The van der Waals surface area contributed by atoms with Crippen molar-refractivity contribution in [1.29, 1.82) is 0 Å². The first-order chi connectivity index (χ1) is 12.4. The maximum atomic E-state index is 12.6. The molecule has 0 saturated heterocycles. The van der Waals surface area contributed by atoms with Crippen LogP contribution in [-0.2, 0) is 12.0 Å². The van der Waals surface area contributed by atoms with Crippen LogP contribution >= 0.6 is 0 Å². The lowest BCUT2D eigenvalue weighted by Crippen LogP contribution is -2.35. The number of carbonyl (C=O) groups is 1. The molecule has 2 aliphatic rings. The highest BCUT2D eigenvalue weighted by atomic mass is 16.5. The fourth-order valence-corrected chi connectivity index (χ4v) is 3.56. The van der Waals surface area contributed by atoms with E-state index in [1.807, 2.05) is 28.9 Å². The molecule has 1 atom stereocenters. The predicted octanol–water partition coefficient (Wildman–Crippen LogP) is 3.50. The zero-order valence-electron chi connectivity index (χ0n) is 15.8. The Labute approximate surface area is 154 Å². The molecule has 1 aliphatic carbocycles. The number of fused-ring (bicyclic) bond motifs is 1. The van der Waals surface area contributed by atoms with Crippen LogP contribution in [0.4, 0.5) is 0 Å². The average Bonchev–Trinajstić information content (AvgIpc) is 3.36. The van der Waals surface area contributed by atoms with Crippen molar-refractivity contribution in [2.75, 3.05) is 13.2 Å². The minimum atomic E-state index is -0.114. The summed E-state index contributed by atoms with van der Waals surface area (Å²) in [6.07, 6.45) is 3.32. The van der Waals surface area contributed by atoms with Crippen molar-refractivity contribution in [1.82, 2.24) is 15.1 Å². The molecule has 2 heterocycles. The third kappa shape index (κ3) is 3.48. The second-order valence-electron chi connectivity index (χ2n) is 8.51. The Kier molecular flexibility index (Phi) is 4.25. The molecule has 4 rings (SSSR count). The number of aromatic nitrogens is 2. The SMILES string of the molecule is CC(C)(C)n1nc(C(=O)NC[C@H]2COc3ccccc3C2)cc1C1CC1. The van der Waals surface area contributed by atoms with E-state index in [-0.39, 0.29) is 11.4 Å². The molecule has 0 radical (unpaired) electrons. The van der Waals surface area contributed by atoms with Crippen LogP contribution in [0.25, 0.3) is 0 Å². The van der Waals surface area contributed by atoms with Crippen molar-refractivity contribution in [3.63, 3.8) is 0 Å². The second kappa shape index (κ2) is 6.45. The van der Waals surface area contributed by atoms with Gasteiger partial charge in [-0.3, -0.25) is 9.48 Å². The first-order valence-corrected chi connectivity index (χ1v) is 9.51. The highest BCUT2D eigenvalue weighted by Crippen LogP contribution is 2.41. The Morgan fingerprint density at radius 2 is 2.08 bits per heavy atom. The standard InChI is InChI=1S/C21H27N3O2/c1-21(2,3)24-18(15-8-9-15)11-17(23-24)20(25)22-12-14-10-16-6-4-5-7-19(16)26-13-14/h4-7,11,14-15H,8-10,12-13H2,1-3H3,(H,22,25)/t14-/m0/s1. The van der Waals surface area contributed by atoms with Crippen molar-refractivity contribution in [3.05, 3.63) is 47.3 Å². The zero-order valence-corrected chi connectivity index (χ0v) is 15.8. The number of ether oxygens (including phenoxy) is 1. The van der Waals surface area contributed by atoms with Crippen LogP contribution in [0, 0.1) is 5.92 Å². The Bertz CT molecular complexity index is 815. The van der Waals surface area contributed by atoms with Gasteiger partial charge < -0.3 is 10.1 Å². The monoisotopic (exact) mass is 353 g/mol. The van der Waals surface area contributed by atoms with Crippen LogP contribution in [0.5, 0.6) is 5.75 Å². The summed E-state index contributed by atoms with van der Waals surface area (Å²) in [5.74, 6) is 1.73. The smallest absolute Gasteiger partial charge is 0.271 e. The van der Waals surface area contributed by atoms with E-state index < -0.39 is 0 Å². The lowest BCUT2D eigenvalue weighted by Gasteiger charge is -2.25. The summed E-state index contributed by atoms with van der Waals surface area (Å²) in [6, 6.07) is 10.1. The van der Waals surface area contributed by atoms with Crippen LogP contribution in [0.2, 0.25) is 0 Å². The van der Waals surface area contributed by atoms with Crippen molar-refractivity contribution in [2.45, 2.75) is 51.5 Å². The number of nitrogens with zero attached hydrogens (tertiary/aromatic N) is 2. The van der Waals surface area contributed by atoms with Gasteiger partial charge in [0.25, 0.3) is 5.91 Å². The lowest BCUT2D eigenvalue weighted by molar-refractivity contribution is 0.0932. The third-order valence-electron chi connectivity index (χ3n) is 5.11. The molecule has 2 aromatic rings. The van der Waals surface area contributed by atoms with Crippen LogP contribution in [0.3, 0.4) is 0 Å². The molecule has 0 spiro atoms. The van der Waals surface area contributed by atoms with Gasteiger partial charge in [-0.25, -0.2) is 0 Å². The number of nitrogens with one attached hydrogen (secondary N) is 1. The van der Waals surface area contributed by atoms with Gasteiger partial charge in [-0.1, -0.05) is 18.2 Å². The average molecular weight is 353 g/mol. The van der Waals surface area contributed by atoms with Gasteiger partial charge in [-0.05, 0) is 57.7 Å². The summed E-state index contributed by atoms with van der Waals surface area (Å²) in [6.45, 7) is 7.63. The molecule has 0 unspecified atom stereocenters. The van der Waals surface area contributed by atoms with Gasteiger partial charge in [0.15, 0.2) is 0 Å². The number of hydrogen-bond donors (Lipinski definition) is 1. The summed E-state index contributed by atoms with van der Waals surface area (Å²) in [5.41, 5.74) is 2.82. The van der Waals surface area contributed by atoms with E-state index in [0.29, 0.717) is 30.7 Å². The molecule has 1 aromatic carbocycles. The Hall–Kier alpha value is -2.30. The Balaban J connectivity index is 1.41. The van der Waals surface area contributed by atoms with Gasteiger partial charge in [0.2, 0.25) is 0 Å². The molecule has 26 heavy (non-hydrogen) atoms. The van der Waals surface area contributed by atoms with Crippen LogP contribution in [-0.4, -0.2) is 28.8 Å². The topological polar surface area (TPSA) is 56.2 Å². The van der Waals surface area contributed by atoms with Crippen molar-refractivity contribution < 1.29 is 9.53 Å². The van der Waals surface area contributed by atoms with E-state index in [0.717, 1.165) is 12.2 Å². The number of hydrogen-bond acceptors (Lipinski definition) is 3. The van der Waals surface area contributed by atoms with E-state index in [4.69, 9.17) is 4.74 Å². The number of benzene rings is 1. The van der Waals surface area contributed by atoms with Gasteiger partial charge >= 0.3 is 0 Å². The van der Waals surface area contributed by atoms with E-state index >= 15 is 0 Å². The van der Waals surface area contributed by atoms with Gasteiger partial charge in [-0.2, -0.15) is 5.10 Å². The van der Waals surface area contributed by atoms with E-state index in [9.17, 15) is 4.79 Å². The second-order valence-corrected chi connectivity index (χ2v) is 8.51. The summed E-state index contributed by atoms with van der Waals surface area (Å²) < 4.78 is 7.84. The molecule has 1 aromatic heterocycles. The molecule has 1 amide bonds. The molecule has 1 N–H and O–H groups in total. The van der Waals surface area contributed by atoms with Gasteiger partial charge in [0, 0.05) is 24.1 Å². The third-order valence-corrected chi connectivity index (χ3v) is 5.11. The van der Waals surface area contributed by atoms with Gasteiger partial charge in [0.1, 0.15) is 11.4 Å². The Morgan fingerprint density at radius 3 is 2.81 bits per heavy atom. The number of amides is 1. The first-order valence-electron chi connectivity index (χ1n) is 9.51. The van der Waals surface area contributed by atoms with Crippen molar-refractivity contribution in [2.24, 2.45) is 5.92 Å². The molecule has 5 heteroatoms. The largest absolute Gasteiger partial charge is 0.493 e. The van der Waals surface area contributed by atoms with Crippen LogP contribution in [0.1, 0.15) is 61.3 Å². The maximum Gasteiger partial charge on any atom is 0.271 e. The quantitative estimate of drug-likeness (QED) is 0.915. The van der Waals surface area contributed by atoms with E-state index in [1.165, 1.54) is 24.1 Å². The minimum Gasteiger partial charge on any atom is -0.493 e. The molecule has 0 bridgehead atoms. The highest BCUT2D eigenvalue weighted by molar-refractivity contribution is 5.92. The maximum absolute atomic E-state index is 12.6. The minimum absolute atomic E-state index is 0.0891. The molecular weight excluding hydrogens is 326 g/mol. The van der Waals surface area contributed by atoms with Crippen molar-refractivity contribution >= 4 is 5.91 Å². The van der Waals surface area contributed by atoms with Crippen molar-refractivity contribution in [3.8, 4) is 5.75 Å². The highest BCUT2D eigenvalue weighted by Gasteiger charge is 2.32. The van der Waals surface area contributed by atoms with E-state index in [2.05, 4.69) is 37.3 Å². The predicted molar refractivity (Wildman–Crippen MR) is 101 cm³/mol. The first kappa shape index (κ1) is 17.1.